The van der Waals surface area contributed by atoms with Crippen LogP contribution in [0.2, 0.25) is 0 Å². The van der Waals surface area contributed by atoms with Crippen molar-refractivity contribution in [2.75, 3.05) is 7.11 Å². The van der Waals surface area contributed by atoms with Gasteiger partial charge in [-0.1, -0.05) is 36.4 Å². The van der Waals surface area contributed by atoms with Crippen LogP contribution in [0, 0.1) is 13.8 Å². The van der Waals surface area contributed by atoms with E-state index >= 15 is 0 Å². The molecule has 0 spiro atoms. The highest BCUT2D eigenvalue weighted by molar-refractivity contribution is 5.77. The van der Waals surface area contributed by atoms with Crippen LogP contribution in [0.1, 0.15) is 41.5 Å². The molecule has 2 heterocycles. The summed E-state index contributed by atoms with van der Waals surface area (Å²) in [6, 6.07) is 14.4. The van der Waals surface area contributed by atoms with E-state index in [2.05, 4.69) is 32.1 Å². The van der Waals surface area contributed by atoms with Gasteiger partial charge in [-0.2, -0.15) is 0 Å². The molecular weight excluding hydrogens is 350 g/mol. The number of hydrogen-bond acceptors (Lipinski definition) is 3. The summed E-state index contributed by atoms with van der Waals surface area (Å²) >= 11 is 0. The van der Waals surface area contributed by atoms with Crippen LogP contribution in [0.25, 0.3) is 5.57 Å². The molecule has 0 N–H and O–H groups in total. The minimum absolute atomic E-state index is 0.123. The van der Waals surface area contributed by atoms with E-state index in [1.54, 1.807) is 7.11 Å². The van der Waals surface area contributed by atoms with Crippen molar-refractivity contribution in [2.24, 2.45) is 0 Å². The van der Waals surface area contributed by atoms with Crippen molar-refractivity contribution in [1.82, 2.24) is 4.90 Å². The zero-order valence-electron chi connectivity index (χ0n) is 16.8. The quantitative estimate of drug-likeness (QED) is 0.729. The Bertz CT molecular complexity index is 880. The zero-order valence-corrected chi connectivity index (χ0v) is 16.8. The first kappa shape index (κ1) is 18.6. The largest absolute Gasteiger partial charge is 0.497 e. The third-order valence-corrected chi connectivity index (χ3v) is 5.87. The molecule has 2 bridgehead atoms. The van der Waals surface area contributed by atoms with E-state index in [1.807, 2.05) is 35.2 Å². The van der Waals surface area contributed by atoms with Crippen LogP contribution in [0.3, 0.4) is 0 Å². The molecule has 2 aliphatic rings. The van der Waals surface area contributed by atoms with Crippen LogP contribution in [0.4, 0.5) is 4.79 Å². The maximum absolute atomic E-state index is 12.8. The Balaban J connectivity index is 1.52. The van der Waals surface area contributed by atoms with Crippen molar-refractivity contribution in [1.29, 1.82) is 0 Å². The standard InChI is InChI=1S/C24H27NO3/c1-16-11-22(27-3)12-17(2)23(16)19-13-20-9-10-21(14-19)25(20)24(26)28-15-18-7-5-4-6-8-18/h4-8,11-13,20-21H,9-10,14-15H2,1-3H3. The zero-order chi connectivity index (χ0) is 19.7. The number of rotatable bonds is 4. The Labute approximate surface area is 166 Å². The van der Waals surface area contributed by atoms with E-state index in [0.29, 0.717) is 6.61 Å². The highest BCUT2D eigenvalue weighted by Crippen LogP contribution is 2.41. The molecule has 1 saturated heterocycles. The van der Waals surface area contributed by atoms with E-state index in [9.17, 15) is 4.79 Å². The van der Waals surface area contributed by atoms with Crippen molar-refractivity contribution in [2.45, 2.75) is 51.8 Å². The van der Waals surface area contributed by atoms with E-state index in [0.717, 1.165) is 30.6 Å². The van der Waals surface area contributed by atoms with E-state index in [1.165, 1.54) is 22.3 Å². The predicted molar refractivity (Wildman–Crippen MR) is 110 cm³/mol. The monoisotopic (exact) mass is 377 g/mol. The van der Waals surface area contributed by atoms with Crippen molar-refractivity contribution in [3.8, 4) is 5.75 Å². The second-order valence-corrected chi connectivity index (χ2v) is 7.78. The molecule has 2 atom stereocenters. The fourth-order valence-corrected chi connectivity index (χ4v) is 4.64. The van der Waals surface area contributed by atoms with Crippen LogP contribution in [-0.4, -0.2) is 30.2 Å². The van der Waals surface area contributed by atoms with Crippen molar-refractivity contribution < 1.29 is 14.3 Å². The molecule has 2 aliphatic heterocycles. The third kappa shape index (κ3) is 3.51. The van der Waals surface area contributed by atoms with Crippen LogP contribution >= 0.6 is 0 Å². The number of carbonyl (C=O) groups excluding carboxylic acids is 1. The van der Waals surface area contributed by atoms with Gasteiger partial charge < -0.3 is 9.47 Å². The molecule has 2 aromatic rings. The average Bonchev–Trinajstić information content (AvgIpc) is 2.96. The summed E-state index contributed by atoms with van der Waals surface area (Å²) in [6.45, 7) is 4.59. The highest BCUT2D eigenvalue weighted by atomic mass is 16.6. The van der Waals surface area contributed by atoms with Gasteiger partial charge in [0.05, 0.1) is 13.2 Å². The van der Waals surface area contributed by atoms with Gasteiger partial charge in [0.2, 0.25) is 0 Å². The molecular formula is C24H27NO3. The number of aryl methyl sites for hydroxylation is 2. The molecule has 4 nitrogen and oxygen atoms in total. The molecule has 28 heavy (non-hydrogen) atoms. The van der Waals surface area contributed by atoms with Gasteiger partial charge in [0, 0.05) is 6.04 Å². The second-order valence-electron chi connectivity index (χ2n) is 7.78. The SMILES string of the molecule is COc1cc(C)c(C2=CC3CCC(C2)N3C(=O)OCc2ccccc2)c(C)c1. The van der Waals surface area contributed by atoms with Crippen LogP contribution in [0.15, 0.2) is 48.5 Å². The lowest BCUT2D eigenvalue weighted by atomic mass is 9.89. The molecule has 4 rings (SSSR count). The Morgan fingerprint density at radius 1 is 1.11 bits per heavy atom. The van der Waals surface area contributed by atoms with Gasteiger partial charge in [0.15, 0.2) is 0 Å². The minimum Gasteiger partial charge on any atom is -0.497 e. The third-order valence-electron chi connectivity index (χ3n) is 5.87. The number of amides is 1. The minimum atomic E-state index is -0.199. The lowest BCUT2D eigenvalue weighted by Crippen LogP contribution is -2.43. The second kappa shape index (κ2) is 7.70. The summed E-state index contributed by atoms with van der Waals surface area (Å²) in [4.78, 5) is 14.7. The lowest BCUT2D eigenvalue weighted by molar-refractivity contribution is 0.0832. The van der Waals surface area contributed by atoms with Gasteiger partial charge in [-0.05, 0) is 73.1 Å². The average molecular weight is 377 g/mol. The summed E-state index contributed by atoms with van der Waals surface area (Å²) in [6.07, 6.45) is 4.98. The lowest BCUT2D eigenvalue weighted by Gasteiger charge is -2.34. The maximum atomic E-state index is 12.8. The van der Waals surface area contributed by atoms with Crippen LogP contribution in [-0.2, 0) is 11.3 Å². The number of carbonyl (C=O) groups is 1. The molecule has 0 aromatic heterocycles. The number of benzene rings is 2. The Kier molecular flexibility index (Phi) is 5.12. The Morgan fingerprint density at radius 3 is 2.46 bits per heavy atom. The molecule has 0 aliphatic carbocycles. The molecule has 146 valence electrons. The van der Waals surface area contributed by atoms with Crippen LogP contribution < -0.4 is 4.74 Å². The van der Waals surface area contributed by atoms with Crippen molar-refractivity contribution in [3.63, 3.8) is 0 Å². The van der Waals surface area contributed by atoms with Gasteiger partial charge in [0.25, 0.3) is 0 Å². The van der Waals surface area contributed by atoms with Crippen molar-refractivity contribution >= 4 is 11.7 Å². The Hall–Kier alpha value is -2.75. The topological polar surface area (TPSA) is 38.8 Å². The molecule has 2 unspecified atom stereocenters. The molecule has 2 aromatic carbocycles. The fourth-order valence-electron chi connectivity index (χ4n) is 4.64. The normalized spacial score (nSPS) is 20.7. The summed E-state index contributed by atoms with van der Waals surface area (Å²) in [7, 11) is 1.70. The highest BCUT2D eigenvalue weighted by Gasteiger charge is 2.41. The molecule has 1 amide bonds. The molecule has 0 saturated carbocycles. The van der Waals surface area contributed by atoms with Gasteiger partial charge in [-0.3, -0.25) is 4.90 Å². The first-order chi connectivity index (χ1) is 13.6. The first-order valence-electron chi connectivity index (χ1n) is 9.92. The summed E-state index contributed by atoms with van der Waals surface area (Å²) in [5.74, 6) is 0.893. The van der Waals surface area contributed by atoms with Crippen molar-refractivity contribution in [3.05, 3.63) is 70.8 Å². The van der Waals surface area contributed by atoms with Gasteiger partial charge in [-0.25, -0.2) is 4.79 Å². The number of fused-ring (bicyclic) bond motifs is 2. The number of methoxy groups -OCH3 is 1. The molecule has 0 radical (unpaired) electrons. The number of hydrogen-bond donors (Lipinski definition) is 0. The number of nitrogens with zero attached hydrogens (tertiary/aromatic N) is 1. The Morgan fingerprint density at radius 2 is 1.82 bits per heavy atom. The van der Waals surface area contributed by atoms with Crippen LogP contribution in [0.5, 0.6) is 5.75 Å². The first-order valence-corrected chi connectivity index (χ1v) is 9.92. The predicted octanol–water partition coefficient (Wildman–Crippen LogP) is 5.27. The number of ether oxygens (including phenoxy) is 2. The van der Waals surface area contributed by atoms with Gasteiger partial charge in [-0.15, -0.1) is 0 Å². The molecule has 4 heteroatoms. The van der Waals surface area contributed by atoms with E-state index < -0.39 is 0 Å². The summed E-state index contributed by atoms with van der Waals surface area (Å²) in [5.41, 5.74) is 6.11. The fraction of sp³-hybridized carbons (Fsp3) is 0.375. The summed E-state index contributed by atoms with van der Waals surface area (Å²) < 4.78 is 11.0. The molecule has 1 fully saturated rings. The van der Waals surface area contributed by atoms with E-state index in [4.69, 9.17) is 9.47 Å². The smallest absolute Gasteiger partial charge is 0.410 e. The maximum Gasteiger partial charge on any atom is 0.410 e. The van der Waals surface area contributed by atoms with Gasteiger partial charge >= 0.3 is 6.09 Å². The summed E-state index contributed by atoms with van der Waals surface area (Å²) in [5, 5.41) is 0. The van der Waals surface area contributed by atoms with E-state index in [-0.39, 0.29) is 18.2 Å². The van der Waals surface area contributed by atoms with Gasteiger partial charge in [0.1, 0.15) is 12.4 Å².